The predicted molar refractivity (Wildman–Crippen MR) is 74.5 cm³/mol. The molecule has 2 N–H and O–H groups in total. The average Bonchev–Trinajstić information content (AvgIpc) is 2.46. The second kappa shape index (κ2) is 5.82. The molecule has 0 amide bonds. The summed E-state index contributed by atoms with van der Waals surface area (Å²) in [6, 6.07) is 0.117. The van der Waals surface area contributed by atoms with Crippen LogP contribution in [0.3, 0.4) is 0 Å². The van der Waals surface area contributed by atoms with Crippen molar-refractivity contribution >= 4 is 11.8 Å². The number of fused-ring (bicyclic) bond motifs is 1. The number of nitrogens with one attached hydrogen (secondary N) is 1. The highest BCUT2D eigenvalue weighted by Crippen LogP contribution is 2.38. The molecule has 2 saturated heterocycles. The van der Waals surface area contributed by atoms with E-state index in [-0.39, 0.29) is 6.04 Å². The van der Waals surface area contributed by atoms with Crippen molar-refractivity contribution in [1.82, 2.24) is 10.2 Å². The second-order valence-corrected chi connectivity index (χ2v) is 6.63. The number of rotatable bonds is 2. The molecule has 4 atom stereocenters. The van der Waals surface area contributed by atoms with Crippen LogP contribution in [-0.2, 0) is 9.59 Å². The Labute approximate surface area is 119 Å². The van der Waals surface area contributed by atoms with E-state index in [1.807, 2.05) is 0 Å². The number of hydrogen-bond donors (Lipinski definition) is 2. The lowest BCUT2D eigenvalue weighted by Crippen LogP contribution is -2.53. The third-order valence-corrected chi connectivity index (χ3v) is 5.37. The average molecular weight is 280 g/mol. The molecule has 1 saturated carbocycles. The maximum Gasteiger partial charge on any atom is 0.320 e. The van der Waals surface area contributed by atoms with Gasteiger partial charge in [0.1, 0.15) is 11.8 Å². The van der Waals surface area contributed by atoms with Crippen LogP contribution in [0.5, 0.6) is 0 Å². The van der Waals surface area contributed by atoms with Gasteiger partial charge in [-0.1, -0.05) is 0 Å². The molecule has 5 nitrogen and oxygen atoms in total. The van der Waals surface area contributed by atoms with Crippen molar-refractivity contribution in [3.63, 3.8) is 0 Å². The van der Waals surface area contributed by atoms with Crippen molar-refractivity contribution in [2.45, 2.75) is 50.6 Å². The van der Waals surface area contributed by atoms with Crippen LogP contribution < -0.4 is 5.32 Å². The molecule has 3 aliphatic rings. The van der Waals surface area contributed by atoms with Crippen molar-refractivity contribution in [2.24, 2.45) is 11.8 Å². The molecule has 3 unspecified atom stereocenters. The normalized spacial score (nSPS) is 39.3. The van der Waals surface area contributed by atoms with E-state index in [9.17, 15) is 9.59 Å². The molecule has 0 aromatic heterocycles. The predicted octanol–water partition coefficient (Wildman–Crippen LogP) is 0.883. The molecule has 20 heavy (non-hydrogen) atoms. The van der Waals surface area contributed by atoms with Crippen LogP contribution >= 0.6 is 0 Å². The Bertz CT molecular complexity index is 397. The van der Waals surface area contributed by atoms with Gasteiger partial charge < -0.3 is 10.4 Å². The maximum absolute atomic E-state index is 11.6. The van der Waals surface area contributed by atoms with Crippen molar-refractivity contribution in [3.05, 3.63) is 0 Å². The standard InChI is InChI=1S/C15H24N2O3/c18-13-2-1-5-17(9-13)12-4-3-10-8-16-14(15(19)20)7-11(10)6-12/h10-12,14,16H,1-9H2,(H,19,20)/t10?,11?,12?,14-/m0/s1. The highest BCUT2D eigenvalue weighted by Gasteiger charge is 2.39. The minimum absolute atomic E-state index is 0.368. The Morgan fingerprint density at radius 3 is 2.85 bits per heavy atom. The summed E-state index contributed by atoms with van der Waals surface area (Å²) < 4.78 is 0. The van der Waals surface area contributed by atoms with Gasteiger partial charge in [0, 0.05) is 12.5 Å². The molecule has 3 fully saturated rings. The van der Waals surface area contributed by atoms with E-state index in [0.717, 1.165) is 45.2 Å². The van der Waals surface area contributed by atoms with E-state index in [1.165, 1.54) is 6.42 Å². The number of carbonyl (C=O) groups is 2. The number of carbonyl (C=O) groups excluding carboxylic acids is 1. The largest absolute Gasteiger partial charge is 0.480 e. The zero-order valence-electron chi connectivity index (χ0n) is 11.9. The van der Waals surface area contributed by atoms with E-state index >= 15 is 0 Å². The molecule has 112 valence electrons. The summed E-state index contributed by atoms with van der Waals surface area (Å²) in [4.78, 5) is 25.1. The van der Waals surface area contributed by atoms with Crippen LogP contribution in [0.1, 0.15) is 38.5 Å². The lowest BCUT2D eigenvalue weighted by Gasteiger charge is -2.45. The minimum atomic E-state index is -0.723. The summed E-state index contributed by atoms with van der Waals surface area (Å²) >= 11 is 0. The summed E-state index contributed by atoms with van der Waals surface area (Å²) in [5, 5.41) is 12.3. The van der Waals surface area contributed by atoms with Gasteiger partial charge in [-0.2, -0.15) is 0 Å². The van der Waals surface area contributed by atoms with Crippen LogP contribution in [0.4, 0.5) is 0 Å². The molecule has 5 heteroatoms. The second-order valence-electron chi connectivity index (χ2n) is 6.63. The van der Waals surface area contributed by atoms with E-state index < -0.39 is 5.97 Å². The van der Waals surface area contributed by atoms with Gasteiger partial charge in [0.25, 0.3) is 0 Å². The van der Waals surface area contributed by atoms with Crippen molar-refractivity contribution in [1.29, 1.82) is 0 Å². The Kier molecular flexibility index (Phi) is 4.08. The molecule has 3 rings (SSSR count). The molecule has 0 bridgehead atoms. The van der Waals surface area contributed by atoms with Crippen LogP contribution in [-0.4, -0.2) is 53.5 Å². The first-order chi connectivity index (χ1) is 9.63. The van der Waals surface area contributed by atoms with Gasteiger partial charge in [0.2, 0.25) is 0 Å². The highest BCUT2D eigenvalue weighted by atomic mass is 16.4. The molecule has 2 aliphatic heterocycles. The first kappa shape index (κ1) is 14.0. The van der Waals surface area contributed by atoms with Crippen molar-refractivity contribution < 1.29 is 14.7 Å². The maximum atomic E-state index is 11.6. The SMILES string of the molecule is O=C1CCCN(C2CCC3CN[C@H](C(=O)O)CC3C2)C1. The topological polar surface area (TPSA) is 69.6 Å². The van der Waals surface area contributed by atoms with Crippen LogP contribution in [0, 0.1) is 11.8 Å². The zero-order valence-corrected chi connectivity index (χ0v) is 11.9. The highest BCUT2D eigenvalue weighted by molar-refractivity contribution is 5.81. The Hall–Kier alpha value is -0.940. The Balaban J connectivity index is 1.60. The summed E-state index contributed by atoms with van der Waals surface area (Å²) in [6.45, 7) is 2.49. The van der Waals surface area contributed by atoms with Gasteiger partial charge in [0.15, 0.2) is 0 Å². The number of piperidine rings is 2. The van der Waals surface area contributed by atoms with Gasteiger partial charge in [-0.3, -0.25) is 14.5 Å². The van der Waals surface area contributed by atoms with E-state index in [1.54, 1.807) is 0 Å². The third kappa shape index (κ3) is 2.88. The number of carboxylic acid groups (broad SMARTS) is 1. The summed E-state index contributed by atoms with van der Waals surface area (Å²) in [6.07, 6.45) is 5.87. The van der Waals surface area contributed by atoms with E-state index in [4.69, 9.17) is 5.11 Å². The van der Waals surface area contributed by atoms with Crippen molar-refractivity contribution in [2.75, 3.05) is 19.6 Å². The van der Waals surface area contributed by atoms with Crippen LogP contribution in [0.2, 0.25) is 0 Å². The summed E-state index contributed by atoms with van der Waals surface area (Å²) in [5.74, 6) is 0.779. The Morgan fingerprint density at radius 2 is 2.10 bits per heavy atom. The minimum Gasteiger partial charge on any atom is -0.480 e. The molecule has 0 spiro atoms. The van der Waals surface area contributed by atoms with Gasteiger partial charge >= 0.3 is 5.97 Å². The van der Waals surface area contributed by atoms with Gasteiger partial charge in [-0.25, -0.2) is 0 Å². The molecule has 2 heterocycles. The number of likely N-dealkylation sites (tertiary alicyclic amines) is 1. The monoisotopic (exact) mass is 280 g/mol. The number of Topliss-reactive ketones (excluding diaryl/α,β-unsaturated/α-hetero) is 1. The lowest BCUT2D eigenvalue weighted by atomic mass is 9.71. The van der Waals surface area contributed by atoms with Crippen LogP contribution in [0.25, 0.3) is 0 Å². The molecule has 0 aromatic rings. The number of hydrogen-bond acceptors (Lipinski definition) is 4. The van der Waals surface area contributed by atoms with Crippen LogP contribution in [0.15, 0.2) is 0 Å². The molecular formula is C15H24N2O3. The first-order valence-electron chi connectivity index (χ1n) is 7.85. The first-order valence-corrected chi connectivity index (χ1v) is 7.85. The summed E-state index contributed by atoms with van der Waals surface area (Å²) in [7, 11) is 0. The number of nitrogens with zero attached hydrogens (tertiary/aromatic N) is 1. The third-order valence-electron chi connectivity index (χ3n) is 5.37. The molecule has 0 aromatic carbocycles. The number of aliphatic carboxylic acids is 1. The molecular weight excluding hydrogens is 256 g/mol. The number of carboxylic acids is 1. The summed E-state index contributed by atoms with van der Waals surface area (Å²) in [5.41, 5.74) is 0. The Morgan fingerprint density at radius 1 is 1.25 bits per heavy atom. The zero-order chi connectivity index (χ0) is 14.1. The number of ketones is 1. The molecule has 1 aliphatic carbocycles. The lowest BCUT2D eigenvalue weighted by molar-refractivity contribution is -0.141. The fourth-order valence-electron chi connectivity index (χ4n) is 4.23. The van der Waals surface area contributed by atoms with E-state index in [0.29, 0.717) is 30.2 Å². The van der Waals surface area contributed by atoms with Gasteiger partial charge in [-0.15, -0.1) is 0 Å². The quantitative estimate of drug-likeness (QED) is 0.786. The van der Waals surface area contributed by atoms with Gasteiger partial charge in [0.05, 0.1) is 6.54 Å². The van der Waals surface area contributed by atoms with Crippen molar-refractivity contribution in [3.8, 4) is 0 Å². The van der Waals surface area contributed by atoms with E-state index in [2.05, 4.69) is 10.2 Å². The fraction of sp³-hybridized carbons (Fsp3) is 0.867. The fourth-order valence-corrected chi connectivity index (χ4v) is 4.23. The van der Waals surface area contributed by atoms with Gasteiger partial charge in [-0.05, 0) is 57.0 Å². The smallest absolute Gasteiger partial charge is 0.320 e. The molecule has 0 radical (unpaired) electrons.